The lowest BCUT2D eigenvalue weighted by Gasteiger charge is -2.55. The highest BCUT2D eigenvalue weighted by molar-refractivity contribution is 5.88. The van der Waals surface area contributed by atoms with E-state index in [1.54, 1.807) is 0 Å². The van der Waals surface area contributed by atoms with Gasteiger partial charge < -0.3 is 20.1 Å². The van der Waals surface area contributed by atoms with Crippen LogP contribution in [0.1, 0.15) is 38.5 Å². The molecule has 1 unspecified atom stereocenters. The molecule has 1 heterocycles. The maximum Gasteiger partial charge on any atom is 0.239 e. The highest BCUT2D eigenvalue weighted by atomic mass is 16.6. The zero-order chi connectivity index (χ0) is 19.1. The largest absolute Gasteiger partial charge is 0.486 e. The topological polar surface area (TPSA) is 76.7 Å². The van der Waals surface area contributed by atoms with Crippen molar-refractivity contribution in [1.82, 2.24) is 10.6 Å². The van der Waals surface area contributed by atoms with Crippen LogP contribution in [0, 0.1) is 23.2 Å². The minimum atomic E-state index is -0.224. The standard InChI is InChI=1S/C22H28N2O4/c25-20(23-11-17-13-27-18-3-1-2-4-19(18)28-17)12-24-21(26)22-8-14-5-15(9-22)7-16(6-14)10-22/h1-4,14-17H,5-13H2,(H,23,25)(H,24,26). The van der Waals surface area contributed by atoms with Gasteiger partial charge in [-0.05, 0) is 68.4 Å². The summed E-state index contributed by atoms with van der Waals surface area (Å²) in [6.07, 6.45) is 6.73. The van der Waals surface area contributed by atoms with E-state index in [4.69, 9.17) is 9.47 Å². The first-order valence-electron chi connectivity index (χ1n) is 10.5. The van der Waals surface area contributed by atoms with Crippen molar-refractivity contribution in [2.24, 2.45) is 23.2 Å². The highest BCUT2D eigenvalue weighted by Crippen LogP contribution is 2.60. The SMILES string of the molecule is O=C(CNC(=O)C12CC3CC(CC(C3)C1)C2)NCC1COc2ccccc2O1. The molecule has 4 aliphatic carbocycles. The molecule has 2 N–H and O–H groups in total. The van der Waals surface area contributed by atoms with Gasteiger partial charge in [-0.2, -0.15) is 0 Å². The van der Waals surface area contributed by atoms with Gasteiger partial charge in [-0.25, -0.2) is 0 Å². The van der Waals surface area contributed by atoms with Gasteiger partial charge in [0.25, 0.3) is 0 Å². The Morgan fingerprint density at radius 2 is 1.61 bits per heavy atom. The van der Waals surface area contributed by atoms with Crippen LogP contribution in [0.3, 0.4) is 0 Å². The van der Waals surface area contributed by atoms with Crippen LogP contribution in [0.25, 0.3) is 0 Å². The summed E-state index contributed by atoms with van der Waals surface area (Å²) in [6, 6.07) is 7.51. The van der Waals surface area contributed by atoms with E-state index in [9.17, 15) is 9.59 Å². The highest BCUT2D eigenvalue weighted by Gasteiger charge is 2.54. The van der Waals surface area contributed by atoms with Crippen molar-refractivity contribution in [3.05, 3.63) is 24.3 Å². The first-order chi connectivity index (χ1) is 13.6. The number of rotatable bonds is 5. The molecule has 4 saturated carbocycles. The first-order valence-corrected chi connectivity index (χ1v) is 10.5. The Morgan fingerprint density at radius 3 is 2.29 bits per heavy atom. The van der Waals surface area contributed by atoms with Gasteiger partial charge in [0.2, 0.25) is 11.8 Å². The number of amides is 2. The summed E-state index contributed by atoms with van der Waals surface area (Å²) in [4.78, 5) is 25.1. The normalized spacial score (nSPS) is 34.7. The lowest BCUT2D eigenvalue weighted by molar-refractivity contribution is -0.147. The fraction of sp³-hybridized carbons (Fsp3) is 0.636. The third-order valence-corrected chi connectivity index (χ3v) is 7.02. The Morgan fingerprint density at radius 1 is 0.964 bits per heavy atom. The Balaban J connectivity index is 1.09. The number of hydrogen-bond donors (Lipinski definition) is 2. The maximum absolute atomic E-state index is 12.9. The van der Waals surface area contributed by atoms with Crippen LogP contribution in [0.15, 0.2) is 24.3 Å². The minimum absolute atomic E-state index is 0.0325. The molecule has 4 fully saturated rings. The molecule has 0 spiro atoms. The van der Waals surface area contributed by atoms with Crippen molar-refractivity contribution in [2.45, 2.75) is 44.6 Å². The predicted octanol–water partition coefficient (Wildman–Crippen LogP) is 2.28. The van der Waals surface area contributed by atoms with Gasteiger partial charge in [-0.3, -0.25) is 9.59 Å². The molecule has 0 aromatic heterocycles. The summed E-state index contributed by atoms with van der Waals surface area (Å²) in [5, 5.41) is 5.77. The van der Waals surface area contributed by atoms with Gasteiger partial charge in [0, 0.05) is 5.41 Å². The van der Waals surface area contributed by atoms with Gasteiger partial charge in [0.15, 0.2) is 11.5 Å². The molecule has 150 valence electrons. The second-order valence-corrected chi connectivity index (χ2v) is 9.18. The van der Waals surface area contributed by atoms with Crippen LogP contribution in [-0.4, -0.2) is 37.6 Å². The van der Waals surface area contributed by atoms with Gasteiger partial charge in [0.05, 0.1) is 13.1 Å². The first kappa shape index (κ1) is 17.8. The smallest absolute Gasteiger partial charge is 0.239 e. The Hall–Kier alpha value is -2.24. The molecule has 5 aliphatic rings. The van der Waals surface area contributed by atoms with Crippen LogP contribution < -0.4 is 20.1 Å². The summed E-state index contributed by atoms with van der Waals surface area (Å²) < 4.78 is 11.5. The number of fused-ring (bicyclic) bond motifs is 1. The quantitative estimate of drug-likeness (QED) is 0.817. The Labute approximate surface area is 165 Å². The number of nitrogens with one attached hydrogen (secondary N) is 2. The van der Waals surface area contributed by atoms with Crippen molar-refractivity contribution >= 4 is 11.8 Å². The lowest BCUT2D eigenvalue weighted by atomic mass is 9.49. The average molecular weight is 384 g/mol. The zero-order valence-corrected chi connectivity index (χ0v) is 16.1. The van der Waals surface area contributed by atoms with Gasteiger partial charge in [-0.1, -0.05) is 12.1 Å². The van der Waals surface area contributed by atoms with Crippen LogP contribution in [0.5, 0.6) is 11.5 Å². The van der Waals surface area contributed by atoms with Crippen LogP contribution in [0.4, 0.5) is 0 Å². The number of hydrogen-bond acceptors (Lipinski definition) is 4. The third kappa shape index (κ3) is 3.33. The van der Waals surface area contributed by atoms with Crippen molar-refractivity contribution in [3.8, 4) is 11.5 Å². The van der Waals surface area contributed by atoms with Crippen LogP contribution in [-0.2, 0) is 9.59 Å². The molecule has 6 rings (SSSR count). The summed E-state index contributed by atoms with van der Waals surface area (Å²) in [6.45, 7) is 0.794. The molecule has 6 heteroatoms. The zero-order valence-electron chi connectivity index (χ0n) is 16.1. The molecule has 4 bridgehead atoms. The van der Waals surface area contributed by atoms with E-state index in [0.29, 0.717) is 18.9 Å². The fourth-order valence-corrected chi connectivity index (χ4v) is 6.19. The van der Waals surface area contributed by atoms with Gasteiger partial charge in [-0.15, -0.1) is 0 Å². The number of carbonyl (C=O) groups excluding carboxylic acids is 2. The molecule has 1 aliphatic heterocycles. The number of carbonyl (C=O) groups is 2. The number of ether oxygens (including phenoxy) is 2. The molecule has 28 heavy (non-hydrogen) atoms. The van der Waals surface area contributed by atoms with Crippen molar-refractivity contribution in [3.63, 3.8) is 0 Å². The molecule has 2 amide bonds. The van der Waals surface area contributed by atoms with E-state index >= 15 is 0 Å². The monoisotopic (exact) mass is 384 g/mol. The number of benzene rings is 1. The Kier molecular flexibility index (Phi) is 4.44. The van der Waals surface area contributed by atoms with E-state index in [1.807, 2.05) is 24.3 Å². The van der Waals surface area contributed by atoms with E-state index in [0.717, 1.165) is 42.8 Å². The molecule has 0 saturated heterocycles. The summed E-state index contributed by atoms with van der Waals surface area (Å²) in [5.74, 6) is 3.50. The second-order valence-electron chi connectivity index (χ2n) is 9.18. The molecule has 1 aromatic carbocycles. The van der Waals surface area contributed by atoms with Crippen LogP contribution in [0.2, 0.25) is 0 Å². The fourth-order valence-electron chi connectivity index (χ4n) is 6.19. The predicted molar refractivity (Wildman–Crippen MR) is 103 cm³/mol. The van der Waals surface area contributed by atoms with Crippen LogP contribution >= 0.6 is 0 Å². The molecule has 1 atom stereocenters. The lowest BCUT2D eigenvalue weighted by Crippen LogP contribution is -2.54. The third-order valence-electron chi connectivity index (χ3n) is 7.02. The van der Waals surface area contributed by atoms with E-state index in [2.05, 4.69) is 10.6 Å². The van der Waals surface area contributed by atoms with Gasteiger partial charge >= 0.3 is 0 Å². The molecular formula is C22H28N2O4. The van der Waals surface area contributed by atoms with Gasteiger partial charge in [0.1, 0.15) is 12.7 Å². The van der Waals surface area contributed by atoms with Crippen molar-refractivity contribution in [2.75, 3.05) is 19.7 Å². The summed E-state index contributed by atoms with van der Waals surface area (Å²) >= 11 is 0. The number of para-hydroxylation sites is 2. The van der Waals surface area contributed by atoms with E-state index in [1.165, 1.54) is 19.3 Å². The van der Waals surface area contributed by atoms with Crippen molar-refractivity contribution in [1.29, 1.82) is 0 Å². The van der Waals surface area contributed by atoms with E-state index in [-0.39, 0.29) is 29.9 Å². The summed E-state index contributed by atoms with van der Waals surface area (Å²) in [7, 11) is 0. The molecule has 0 radical (unpaired) electrons. The average Bonchev–Trinajstić information content (AvgIpc) is 2.69. The molecule has 6 nitrogen and oxygen atoms in total. The maximum atomic E-state index is 12.9. The second kappa shape index (κ2) is 6.98. The molecular weight excluding hydrogens is 356 g/mol. The van der Waals surface area contributed by atoms with Crippen molar-refractivity contribution < 1.29 is 19.1 Å². The van der Waals surface area contributed by atoms with E-state index < -0.39 is 0 Å². The minimum Gasteiger partial charge on any atom is -0.486 e. The summed E-state index contributed by atoms with van der Waals surface area (Å²) in [5.41, 5.74) is -0.209. The molecule has 1 aromatic rings. The Bertz CT molecular complexity index is 742.